The van der Waals surface area contributed by atoms with Gasteiger partial charge in [-0.25, -0.2) is 8.42 Å². The lowest BCUT2D eigenvalue weighted by Crippen LogP contribution is -2.45. The number of carbonyl (C=O) groups is 1. The van der Waals surface area contributed by atoms with E-state index in [1.54, 1.807) is 11.8 Å². The standard InChI is InChI=1S/C10H20N2O4S/c1-2-17(14,15)8-3-11-9-10(13)12-4-6-16-7-5-12/h11H,2-9H2,1H3. The van der Waals surface area contributed by atoms with Gasteiger partial charge in [-0.3, -0.25) is 4.79 Å². The van der Waals surface area contributed by atoms with E-state index in [-0.39, 0.29) is 24.0 Å². The molecule has 0 unspecified atom stereocenters. The maximum atomic E-state index is 11.7. The summed E-state index contributed by atoms with van der Waals surface area (Å²) >= 11 is 0. The van der Waals surface area contributed by atoms with E-state index in [1.807, 2.05) is 0 Å². The number of carbonyl (C=O) groups excluding carboxylic acids is 1. The molecule has 0 saturated carbocycles. The first-order chi connectivity index (χ1) is 8.05. The van der Waals surface area contributed by atoms with Crippen molar-refractivity contribution in [2.45, 2.75) is 6.92 Å². The summed E-state index contributed by atoms with van der Waals surface area (Å²) in [6.45, 7) is 4.53. The quantitative estimate of drug-likeness (QED) is 0.614. The molecule has 100 valence electrons. The van der Waals surface area contributed by atoms with Crippen molar-refractivity contribution in [2.24, 2.45) is 0 Å². The highest BCUT2D eigenvalue weighted by atomic mass is 32.2. The van der Waals surface area contributed by atoms with Crippen LogP contribution < -0.4 is 5.32 Å². The van der Waals surface area contributed by atoms with Crippen LogP contribution in [0.15, 0.2) is 0 Å². The maximum absolute atomic E-state index is 11.7. The van der Waals surface area contributed by atoms with Crippen molar-refractivity contribution in [1.82, 2.24) is 10.2 Å². The molecular formula is C10H20N2O4S. The van der Waals surface area contributed by atoms with Gasteiger partial charge in [0.25, 0.3) is 0 Å². The molecular weight excluding hydrogens is 244 g/mol. The van der Waals surface area contributed by atoms with Crippen LogP contribution in [-0.4, -0.2) is 70.1 Å². The van der Waals surface area contributed by atoms with Crippen molar-refractivity contribution in [3.05, 3.63) is 0 Å². The Morgan fingerprint density at radius 1 is 1.35 bits per heavy atom. The van der Waals surface area contributed by atoms with Gasteiger partial charge in [-0.2, -0.15) is 0 Å². The van der Waals surface area contributed by atoms with Crippen molar-refractivity contribution in [2.75, 3.05) is 50.9 Å². The summed E-state index contributed by atoms with van der Waals surface area (Å²) in [7, 11) is -2.95. The zero-order valence-corrected chi connectivity index (χ0v) is 11.0. The van der Waals surface area contributed by atoms with Crippen LogP contribution in [0.25, 0.3) is 0 Å². The molecule has 1 aliphatic heterocycles. The molecule has 1 rings (SSSR count). The minimum absolute atomic E-state index is 0.00203. The van der Waals surface area contributed by atoms with Crippen LogP contribution in [0, 0.1) is 0 Å². The number of hydrogen-bond acceptors (Lipinski definition) is 5. The van der Waals surface area contributed by atoms with E-state index >= 15 is 0 Å². The van der Waals surface area contributed by atoms with Gasteiger partial charge in [0.2, 0.25) is 5.91 Å². The number of ether oxygens (including phenoxy) is 1. The summed E-state index contributed by atoms with van der Waals surface area (Å²) < 4.78 is 27.5. The Hall–Kier alpha value is -0.660. The van der Waals surface area contributed by atoms with Gasteiger partial charge in [0.1, 0.15) is 0 Å². The first kappa shape index (κ1) is 14.4. The third-order valence-electron chi connectivity index (χ3n) is 2.67. The zero-order valence-electron chi connectivity index (χ0n) is 10.1. The number of nitrogens with zero attached hydrogens (tertiary/aromatic N) is 1. The van der Waals surface area contributed by atoms with E-state index in [1.165, 1.54) is 0 Å². The third kappa shape index (κ3) is 5.47. The second kappa shape index (κ2) is 6.93. The summed E-state index contributed by atoms with van der Waals surface area (Å²) in [4.78, 5) is 13.4. The average Bonchev–Trinajstić information content (AvgIpc) is 2.35. The summed E-state index contributed by atoms with van der Waals surface area (Å²) in [5.74, 6) is 0.230. The number of sulfone groups is 1. The van der Waals surface area contributed by atoms with E-state index in [9.17, 15) is 13.2 Å². The molecule has 0 aliphatic carbocycles. The Kier molecular flexibility index (Phi) is 5.87. The van der Waals surface area contributed by atoms with Crippen molar-refractivity contribution in [3.8, 4) is 0 Å². The SMILES string of the molecule is CCS(=O)(=O)CCNCC(=O)N1CCOCC1. The molecule has 0 aromatic rings. The zero-order chi connectivity index (χ0) is 12.7. The van der Waals surface area contributed by atoms with E-state index < -0.39 is 9.84 Å². The Morgan fingerprint density at radius 2 is 2.00 bits per heavy atom. The molecule has 0 bridgehead atoms. The van der Waals surface area contributed by atoms with Crippen molar-refractivity contribution >= 4 is 15.7 Å². The van der Waals surface area contributed by atoms with Crippen LogP contribution in [0.5, 0.6) is 0 Å². The van der Waals surface area contributed by atoms with Crippen LogP contribution in [0.1, 0.15) is 6.92 Å². The van der Waals surface area contributed by atoms with Crippen LogP contribution in [0.3, 0.4) is 0 Å². The largest absolute Gasteiger partial charge is 0.378 e. The van der Waals surface area contributed by atoms with Gasteiger partial charge in [-0.15, -0.1) is 0 Å². The highest BCUT2D eigenvalue weighted by Crippen LogP contribution is 1.96. The smallest absolute Gasteiger partial charge is 0.236 e. The van der Waals surface area contributed by atoms with Crippen molar-refractivity contribution < 1.29 is 17.9 Å². The average molecular weight is 264 g/mol. The molecule has 1 saturated heterocycles. The monoisotopic (exact) mass is 264 g/mol. The Labute approximate surface area is 102 Å². The molecule has 17 heavy (non-hydrogen) atoms. The normalized spacial score (nSPS) is 17.1. The lowest BCUT2D eigenvalue weighted by Gasteiger charge is -2.26. The highest BCUT2D eigenvalue weighted by molar-refractivity contribution is 7.91. The predicted molar refractivity (Wildman–Crippen MR) is 64.6 cm³/mol. The maximum Gasteiger partial charge on any atom is 0.236 e. The summed E-state index contributed by atoms with van der Waals surface area (Å²) in [6.07, 6.45) is 0. The molecule has 0 aromatic carbocycles. The molecule has 1 amide bonds. The first-order valence-corrected chi connectivity index (χ1v) is 7.64. The fraction of sp³-hybridized carbons (Fsp3) is 0.900. The Morgan fingerprint density at radius 3 is 2.59 bits per heavy atom. The third-order valence-corrected chi connectivity index (χ3v) is 4.38. The fourth-order valence-electron chi connectivity index (χ4n) is 1.49. The molecule has 0 spiro atoms. The summed E-state index contributed by atoms with van der Waals surface area (Å²) in [6, 6.07) is 0. The van der Waals surface area contributed by atoms with E-state index in [2.05, 4.69) is 5.32 Å². The van der Waals surface area contributed by atoms with Crippen molar-refractivity contribution in [3.63, 3.8) is 0 Å². The Bertz CT molecular complexity index is 336. The topological polar surface area (TPSA) is 75.7 Å². The molecule has 1 aliphatic rings. The second-order valence-corrected chi connectivity index (χ2v) is 6.38. The van der Waals surface area contributed by atoms with Crippen molar-refractivity contribution in [1.29, 1.82) is 0 Å². The van der Waals surface area contributed by atoms with Gasteiger partial charge >= 0.3 is 0 Å². The van der Waals surface area contributed by atoms with E-state index in [4.69, 9.17) is 4.74 Å². The molecule has 0 aromatic heterocycles. The molecule has 0 atom stereocenters. The van der Waals surface area contributed by atoms with Crippen LogP contribution in [0.2, 0.25) is 0 Å². The first-order valence-electron chi connectivity index (χ1n) is 5.82. The molecule has 1 heterocycles. The second-order valence-electron chi connectivity index (χ2n) is 3.91. The van der Waals surface area contributed by atoms with Crippen LogP contribution >= 0.6 is 0 Å². The Balaban J connectivity index is 2.15. The van der Waals surface area contributed by atoms with Gasteiger partial charge in [0, 0.05) is 25.4 Å². The number of nitrogens with one attached hydrogen (secondary N) is 1. The number of rotatable bonds is 6. The lowest BCUT2D eigenvalue weighted by molar-refractivity contribution is -0.134. The molecule has 0 radical (unpaired) electrons. The number of morpholine rings is 1. The summed E-state index contributed by atoms with van der Waals surface area (Å²) in [5, 5.41) is 2.86. The van der Waals surface area contributed by atoms with Gasteiger partial charge in [-0.1, -0.05) is 6.92 Å². The highest BCUT2D eigenvalue weighted by Gasteiger charge is 2.16. The number of amides is 1. The minimum atomic E-state index is -2.95. The van der Waals surface area contributed by atoms with E-state index in [0.717, 1.165) is 0 Å². The van der Waals surface area contributed by atoms with Gasteiger partial charge in [-0.05, 0) is 0 Å². The fourth-order valence-corrected chi connectivity index (χ4v) is 2.24. The van der Waals surface area contributed by atoms with Gasteiger partial charge < -0.3 is 15.0 Å². The molecule has 6 nitrogen and oxygen atoms in total. The van der Waals surface area contributed by atoms with Crippen LogP contribution in [-0.2, 0) is 19.4 Å². The summed E-state index contributed by atoms with van der Waals surface area (Å²) in [5.41, 5.74) is 0. The number of hydrogen-bond donors (Lipinski definition) is 1. The lowest BCUT2D eigenvalue weighted by atomic mass is 10.4. The van der Waals surface area contributed by atoms with Crippen LogP contribution in [0.4, 0.5) is 0 Å². The van der Waals surface area contributed by atoms with E-state index in [0.29, 0.717) is 32.8 Å². The van der Waals surface area contributed by atoms with Gasteiger partial charge in [0.05, 0.1) is 25.5 Å². The molecule has 1 N–H and O–H groups in total. The molecule has 1 fully saturated rings. The minimum Gasteiger partial charge on any atom is -0.378 e. The predicted octanol–water partition coefficient (Wildman–Crippen LogP) is -1.13. The van der Waals surface area contributed by atoms with Gasteiger partial charge in [0.15, 0.2) is 9.84 Å². The molecule has 7 heteroatoms.